The summed E-state index contributed by atoms with van der Waals surface area (Å²) in [6.45, 7) is 20.3. The zero-order valence-electron chi connectivity index (χ0n) is 19.0. The second-order valence-corrected chi connectivity index (χ2v) is 9.22. The van der Waals surface area contributed by atoms with Crippen molar-refractivity contribution in [3.05, 3.63) is 76.4 Å². The molecule has 0 aliphatic heterocycles. The summed E-state index contributed by atoms with van der Waals surface area (Å²) in [7, 11) is 2.01. The maximum atomic E-state index is 4.52. The number of hydrogen-bond donors (Lipinski definition) is 1. The average Bonchev–Trinajstić information content (AvgIpc) is 2.63. The van der Waals surface area contributed by atoms with Gasteiger partial charge in [-0.3, -0.25) is 0 Å². The predicted octanol–water partition coefficient (Wildman–Crippen LogP) is 8.03. The Balaban J connectivity index is 2.50. The van der Waals surface area contributed by atoms with Crippen LogP contribution in [0.15, 0.2) is 70.9 Å². The van der Waals surface area contributed by atoms with E-state index < -0.39 is 0 Å². The molecule has 0 spiro atoms. The molecule has 1 aromatic rings. The third-order valence-electron chi connectivity index (χ3n) is 6.04. The quantitative estimate of drug-likeness (QED) is 0.452. The highest BCUT2D eigenvalue weighted by Gasteiger charge is 2.29. The molecule has 0 unspecified atom stereocenters. The van der Waals surface area contributed by atoms with Crippen molar-refractivity contribution in [1.82, 2.24) is 0 Å². The van der Waals surface area contributed by atoms with Gasteiger partial charge in [-0.1, -0.05) is 68.8 Å². The fourth-order valence-electron chi connectivity index (χ4n) is 4.56. The molecule has 1 heteroatoms. The minimum atomic E-state index is 0.309. The summed E-state index contributed by atoms with van der Waals surface area (Å²) in [4.78, 5) is 0. The molecule has 1 nitrogen and oxygen atoms in total. The van der Waals surface area contributed by atoms with Gasteiger partial charge in [0, 0.05) is 19.2 Å². The van der Waals surface area contributed by atoms with Gasteiger partial charge in [-0.25, -0.2) is 0 Å². The molecule has 0 saturated heterocycles. The van der Waals surface area contributed by atoms with Crippen LogP contribution in [-0.2, 0) is 6.42 Å². The summed E-state index contributed by atoms with van der Waals surface area (Å²) in [5.41, 5.74) is 11.4. The van der Waals surface area contributed by atoms with Gasteiger partial charge in [0.15, 0.2) is 0 Å². The second-order valence-electron chi connectivity index (χ2n) is 9.22. The second kappa shape index (κ2) is 9.45. The Morgan fingerprint density at radius 2 is 1.82 bits per heavy atom. The number of nitrogens with one attached hydrogen (secondary N) is 1. The van der Waals surface area contributed by atoms with Crippen LogP contribution < -0.4 is 5.32 Å². The van der Waals surface area contributed by atoms with E-state index in [0.29, 0.717) is 5.41 Å². The van der Waals surface area contributed by atoms with Crippen LogP contribution in [0.3, 0.4) is 0 Å². The largest absolute Gasteiger partial charge is 0.388 e. The van der Waals surface area contributed by atoms with Crippen LogP contribution in [-0.4, -0.2) is 7.05 Å². The monoisotopic (exact) mass is 377 g/mol. The van der Waals surface area contributed by atoms with Crippen molar-refractivity contribution in [3.63, 3.8) is 0 Å². The number of allylic oxidation sites excluding steroid dienone is 6. The van der Waals surface area contributed by atoms with Crippen LogP contribution >= 0.6 is 0 Å². The van der Waals surface area contributed by atoms with Crippen LogP contribution in [0.2, 0.25) is 0 Å². The highest BCUT2D eigenvalue weighted by Crippen LogP contribution is 2.45. The van der Waals surface area contributed by atoms with E-state index >= 15 is 0 Å². The fourth-order valence-corrected chi connectivity index (χ4v) is 4.56. The van der Waals surface area contributed by atoms with Gasteiger partial charge in [0.1, 0.15) is 0 Å². The molecule has 2 rings (SSSR count). The van der Waals surface area contributed by atoms with Crippen LogP contribution in [0.1, 0.15) is 72.3 Å². The number of rotatable bonds is 8. The van der Waals surface area contributed by atoms with Gasteiger partial charge >= 0.3 is 0 Å². The van der Waals surface area contributed by atoms with Crippen molar-refractivity contribution in [3.8, 4) is 0 Å². The van der Waals surface area contributed by atoms with Crippen molar-refractivity contribution in [1.29, 1.82) is 0 Å². The number of hydrogen-bond acceptors (Lipinski definition) is 1. The van der Waals surface area contributed by atoms with Crippen molar-refractivity contribution in [2.75, 3.05) is 12.4 Å². The Hall–Kier alpha value is -2.02. The molecule has 0 aromatic heterocycles. The highest BCUT2D eigenvalue weighted by atomic mass is 14.8. The van der Waals surface area contributed by atoms with Crippen molar-refractivity contribution < 1.29 is 0 Å². The lowest BCUT2D eigenvalue weighted by molar-refractivity contribution is 0.348. The van der Waals surface area contributed by atoms with E-state index in [-0.39, 0.29) is 0 Å². The molecule has 0 heterocycles. The molecule has 1 aliphatic rings. The molecule has 0 amide bonds. The van der Waals surface area contributed by atoms with Crippen LogP contribution in [0.4, 0.5) is 5.69 Å². The summed E-state index contributed by atoms with van der Waals surface area (Å²) in [6, 6.07) is 8.66. The first-order valence-corrected chi connectivity index (χ1v) is 10.7. The highest BCUT2D eigenvalue weighted by molar-refractivity contribution is 5.58. The lowest BCUT2D eigenvalue weighted by Gasteiger charge is -2.35. The first-order valence-electron chi connectivity index (χ1n) is 10.7. The van der Waals surface area contributed by atoms with Gasteiger partial charge in [-0.05, 0) is 79.7 Å². The molecule has 0 atom stereocenters. The molecular weight excluding hydrogens is 338 g/mol. The predicted molar refractivity (Wildman–Crippen MR) is 126 cm³/mol. The Kier molecular flexibility index (Phi) is 7.52. The minimum Gasteiger partial charge on any atom is -0.388 e. The summed E-state index contributed by atoms with van der Waals surface area (Å²) in [6.07, 6.45) is 6.39. The van der Waals surface area contributed by atoms with E-state index in [4.69, 9.17) is 0 Å². The summed E-state index contributed by atoms with van der Waals surface area (Å²) in [5.74, 6) is 0. The lowest BCUT2D eigenvalue weighted by atomic mass is 9.70. The van der Waals surface area contributed by atoms with E-state index in [1.807, 2.05) is 7.05 Å². The van der Waals surface area contributed by atoms with Gasteiger partial charge in [-0.15, -0.1) is 0 Å². The van der Waals surface area contributed by atoms with E-state index in [2.05, 4.69) is 77.4 Å². The maximum absolute atomic E-state index is 4.52. The SMILES string of the molecule is C=C(CC)CC/C(C)=C(/Cc1ccccc1NC)C1=C(C)CC(C)(C)CC1=C. The molecule has 0 fully saturated rings. The standard InChI is InChI=1S/C27H39N/c1-9-19(2)14-15-20(3)24(16-23-12-10-11-13-25(23)28-8)26-21(4)17-27(6,7)18-22(26)5/h10-13,28H,2,4,9,14-18H2,1,3,5-8H3/b24-20-. The Morgan fingerprint density at radius 1 is 1.14 bits per heavy atom. The smallest absolute Gasteiger partial charge is 0.0373 e. The summed E-state index contributed by atoms with van der Waals surface area (Å²) < 4.78 is 0. The Morgan fingerprint density at radius 3 is 2.43 bits per heavy atom. The average molecular weight is 378 g/mol. The summed E-state index contributed by atoms with van der Waals surface area (Å²) >= 11 is 0. The van der Waals surface area contributed by atoms with E-state index in [1.54, 1.807) is 0 Å². The lowest BCUT2D eigenvalue weighted by Crippen LogP contribution is -2.21. The molecule has 152 valence electrons. The van der Waals surface area contributed by atoms with E-state index in [1.165, 1.54) is 44.7 Å². The normalized spacial score (nSPS) is 17.4. The number of benzene rings is 1. The van der Waals surface area contributed by atoms with Crippen LogP contribution in [0, 0.1) is 5.41 Å². The maximum Gasteiger partial charge on any atom is 0.0373 e. The van der Waals surface area contributed by atoms with Crippen molar-refractivity contribution in [2.24, 2.45) is 5.41 Å². The molecule has 1 N–H and O–H groups in total. The molecule has 0 radical (unpaired) electrons. The zero-order valence-corrected chi connectivity index (χ0v) is 19.0. The van der Waals surface area contributed by atoms with E-state index in [9.17, 15) is 0 Å². The van der Waals surface area contributed by atoms with Gasteiger partial charge < -0.3 is 5.32 Å². The topological polar surface area (TPSA) is 12.0 Å². The third-order valence-corrected chi connectivity index (χ3v) is 6.04. The van der Waals surface area contributed by atoms with Gasteiger partial charge in [-0.2, -0.15) is 0 Å². The van der Waals surface area contributed by atoms with Crippen LogP contribution in [0.5, 0.6) is 0 Å². The molecule has 0 saturated carbocycles. The Labute approximate surface area is 173 Å². The molecule has 0 bridgehead atoms. The number of anilines is 1. The fraction of sp³-hybridized carbons (Fsp3) is 0.481. The molecule has 1 aliphatic carbocycles. The summed E-state index contributed by atoms with van der Waals surface area (Å²) in [5, 5.41) is 3.36. The minimum absolute atomic E-state index is 0.309. The van der Waals surface area contributed by atoms with Gasteiger partial charge in [0.05, 0.1) is 0 Å². The van der Waals surface area contributed by atoms with Gasteiger partial charge in [0.25, 0.3) is 0 Å². The van der Waals surface area contributed by atoms with Gasteiger partial charge in [0.2, 0.25) is 0 Å². The zero-order chi connectivity index (χ0) is 20.9. The first-order chi connectivity index (χ1) is 13.2. The van der Waals surface area contributed by atoms with Crippen molar-refractivity contribution in [2.45, 2.75) is 73.1 Å². The third kappa shape index (κ3) is 5.50. The van der Waals surface area contributed by atoms with E-state index in [0.717, 1.165) is 38.5 Å². The molecular formula is C27H39N. The molecule has 1 aromatic carbocycles. The number of para-hydroxylation sites is 1. The Bertz CT molecular complexity index is 801. The van der Waals surface area contributed by atoms with Crippen LogP contribution in [0.25, 0.3) is 0 Å². The molecule has 28 heavy (non-hydrogen) atoms. The first kappa shape index (κ1) is 22.3. The van der Waals surface area contributed by atoms with Crippen molar-refractivity contribution >= 4 is 5.69 Å².